The van der Waals surface area contributed by atoms with E-state index in [-0.39, 0.29) is 0 Å². The Morgan fingerprint density at radius 1 is 1.31 bits per heavy atom. The minimum Gasteiger partial charge on any atom is -0.330 e. The monoisotopic (exact) mass is 238 g/mol. The van der Waals surface area contributed by atoms with Crippen molar-refractivity contribution < 1.29 is 0 Å². The lowest BCUT2D eigenvalue weighted by molar-refractivity contribution is 0.282. The molecule has 1 unspecified atom stereocenters. The smallest absolute Gasteiger partial charge is 0.0230 e. The molecule has 1 rings (SSSR count). The fraction of sp³-hybridized carbons (Fsp3) is 0.538. The predicted octanol–water partition coefficient (Wildman–Crippen LogP) is 2.44. The Morgan fingerprint density at radius 2 is 1.94 bits per heavy atom. The van der Waals surface area contributed by atoms with E-state index in [0.29, 0.717) is 5.92 Å². The number of hydrogen-bond donors (Lipinski definition) is 1. The van der Waals surface area contributed by atoms with E-state index in [1.807, 2.05) is 0 Å². The second-order valence-electron chi connectivity index (χ2n) is 4.39. The number of nitrogens with zero attached hydrogens (tertiary/aromatic N) is 1. The number of nitrogens with two attached hydrogens (primary N) is 1. The van der Waals surface area contributed by atoms with E-state index in [1.165, 1.54) is 10.5 Å². The average molecular weight is 238 g/mol. The van der Waals surface area contributed by atoms with Crippen molar-refractivity contribution in [3.63, 3.8) is 0 Å². The number of thioether (sulfide) groups is 1. The molecule has 3 heteroatoms. The number of rotatable bonds is 6. The number of hydrogen-bond acceptors (Lipinski definition) is 3. The van der Waals surface area contributed by atoms with Gasteiger partial charge in [0.25, 0.3) is 0 Å². The average Bonchev–Trinajstić information content (AvgIpc) is 2.29. The minimum absolute atomic E-state index is 0.565. The third kappa shape index (κ3) is 4.56. The first kappa shape index (κ1) is 13.6. The van der Waals surface area contributed by atoms with Crippen molar-refractivity contribution in [1.29, 1.82) is 0 Å². The summed E-state index contributed by atoms with van der Waals surface area (Å²) in [4.78, 5) is 3.65. The lowest BCUT2D eigenvalue weighted by Gasteiger charge is -2.20. The molecule has 0 aliphatic carbocycles. The Hall–Kier alpha value is -0.510. The zero-order chi connectivity index (χ0) is 12.0. The molecule has 0 bridgehead atoms. The Kier molecular flexibility index (Phi) is 5.88. The Bertz CT molecular complexity index is 297. The summed E-state index contributed by atoms with van der Waals surface area (Å²) in [5.74, 6) is 0.565. The molecular formula is C13H22N2S. The topological polar surface area (TPSA) is 29.3 Å². The van der Waals surface area contributed by atoms with Crippen LogP contribution in [0.1, 0.15) is 12.5 Å². The maximum Gasteiger partial charge on any atom is 0.0230 e. The summed E-state index contributed by atoms with van der Waals surface area (Å²) in [6, 6.07) is 8.77. The standard InChI is InChI=1S/C13H22N2S/c1-11(8-14)9-15(2)10-12-4-6-13(16-3)7-5-12/h4-7,11H,8-10,14H2,1-3H3. The van der Waals surface area contributed by atoms with Crippen LogP contribution >= 0.6 is 11.8 Å². The predicted molar refractivity (Wildman–Crippen MR) is 72.8 cm³/mol. The van der Waals surface area contributed by atoms with Gasteiger partial charge in [0, 0.05) is 18.0 Å². The van der Waals surface area contributed by atoms with Gasteiger partial charge in [0.05, 0.1) is 0 Å². The van der Waals surface area contributed by atoms with Gasteiger partial charge in [-0.3, -0.25) is 0 Å². The highest BCUT2D eigenvalue weighted by molar-refractivity contribution is 7.98. The van der Waals surface area contributed by atoms with E-state index in [0.717, 1.165) is 19.6 Å². The van der Waals surface area contributed by atoms with E-state index in [1.54, 1.807) is 11.8 Å². The lowest BCUT2D eigenvalue weighted by atomic mass is 10.1. The third-order valence-electron chi connectivity index (χ3n) is 2.64. The lowest BCUT2D eigenvalue weighted by Crippen LogP contribution is -2.28. The molecule has 90 valence electrons. The first-order valence-corrected chi connectivity index (χ1v) is 6.89. The van der Waals surface area contributed by atoms with Crippen LogP contribution in [-0.4, -0.2) is 31.3 Å². The molecule has 0 heterocycles. The minimum atomic E-state index is 0.565. The van der Waals surface area contributed by atoms with Crippen LogP contribution in [-0.2, 0) is 6.54 Å². The molecule has 0 radical (unpaired) electrons. The molecule has 2 nitrogen and oxygen atoms in total. The highest BCUT2D eigenvalue weighted by atomic mass is 32.2. The van der Waals surface area contributed by atoms with Crippen LogP contribution in [0.25, 0.3) is 0 Å². The van der Waals surface area contributed by atoms with Crippen LogP contribution in [0.5, 0.6) is 0 Å². The van der Waals surface area contributed by atoms with E-state index in [9.17, 15) is 0 Å². The summed E-state index contributed by atoms with van der Waals surface area (Å²) in [6.07, 6.45) is 2.10. The molecule has 1 aromatic carbocycles. The van der Waals surface area contributed by atoms with E-state index >= 15 is 0 Å². The molecule has 0 aliphatic rings. The molecule has 0 amide bonds. The van der Waals surface area contributed by atoms with Gasteiger partial charge in [-0.05, 0) is 43.5 Å². The highest BCUT2D eigenvalue weighted by Crippen LogP contribution is 2.15. The third-order valence-corrected chi connectivity index (χ3v) is 3.38. The van der Waals surface area contributed by atoms with Crippen LogP contribution in [0.2, 0.25) is 0 Å². The number of benzene rings is 1. The van der Waals surface area contributed by atoms with Crippen LogP contribution in [0, 0.1) is 5.92 Å². The normalized spacial score (nSPS) is 13.1. The molecule has 16 heavy (non-hydrogen) atoms. The molecule has 0 aliphatic heterocycles. The molecule has 1 atom stereocenters. The molecular weight excluding hydrogens is 216 g/mol. The van der Waals surface area contributed by atoms with Crippen molar-refractivity contribution in [2.75, 3.05) is 26.4 Å². The van der Waals surface area contributed by atoms with Crippen molar-refractivity contribution in [3.8, 4) is 0 Å². The maximum atomic E-state index is 5.62. The maximum absolute atomic E-state index is 5.62. The van der Waals surface area contributed by atoms with Gasteiger partial charge in [0.1, 0.15) is 0 Å². The molecule has 0 saturated carbocycles. The van der Waals surface area contributed by atoms with Gasteiger partial charge >= 0.3 is 0 Å². The molecule has 0 saturated heterocycles. The Balaban J connectivity index is 2.46. The Morgan fingerprint density at radius 3 is 2.44 bits per heavy atom. The molecule has 0 spiro atoms. The molecule has 1 aromatic rings. The van der Waals surface area contributed by atoms with Crippen LogP contribution in [0.4, 0.5) is 0 Å². The van der Waals surface area contributed by atoms with Crippen molar-refractivity contribution in [2.24, 2.45) is 11.7 Å². The summed E-state index contributed by atoms with van der Waals surface area (Å²) in [5.41, 5.74) is 6.99. The second kappa shape index (κ2) is 6.94. The summed E-state index contributed by atoms with van der Waals surface area (Å²) in [5, 5.41) is 0. The van der Waals surface area contributed by atoms with Gasteiger partial charge in [-0.2, -0.15) is 0 Å². The van der Waals surface area contributed by atoms with Gasteiger partial charge in [-0.15, -0.1) is 11.8 Å². The van der Waals surface area contributed by atoms with Crippen molar-refractivity contribution in [3.05, 3.63) is 29.8 Å². The molecule has 0 fully saturated rings. The first-order chi connectivity index (χ1) is 7.65. The Labute approximate surface area is 103 Å². The summed E-state index contributed by atoms with van der Waals surface area (Å²) in [7, 11) is 2.15. The summed E-state index contributed by atoms with van der Waals surface area (Å²) in [6.45, 7) is 5.00. The van der Waals surface area contributed by atoms with Crippen LogP contribution in [0.3, 0.4) is 0 Å². The van der Waals surface area contributed by atoms with Gasteiger partial charge < -0.3 is 10.6 Å². The van der Waals surface area contributed by atoms with Crippen molar-refractivity contribution >= 4 is 11.8 Å². The van der Waals surface area contributed by atoms with Crippen molar-refractivity contribution in [2.45, 2.75) is 18.4 Å². The second-order valence-corrected chi connectivity index (χ2v) is 5.27. The van der Waals surface area contributed by atoms with E-state index < -0.39 is 0 Å². The fourth-order valence-electron chi connectivity index (χ4n) is 1.71. The van der Waals surface area contributed by atoms with Crippen LogP contribution < -0.4 is 5.73 Å². The van der Waals surface area contributed by atoms with Crippen molar-refractivity contribution in [1.82, 2.24) is 4.90 Å². The summed E-state index contributed by atoms with van der Waals surface area (Å²) < 4.78 is 0. The zero-order valence-corrected chi connectivity index (χ0v) is 11.3. The van der Waals surface area contributed by atoms with E-state index in [2.05, 4.69) is 49.4 Å². The zero-order valence-electron chi connectivity index (χ0n) is 10.4. The van der Waals surface area contributed by atoms with Gasteiger partial charge in [0.15, 0.2) is 0 Å². The largest absolute Gasteiger partial charge is 0.330 e. The molecule has 0 aromatic heterocycles. The van der Waals surface area contributed by atoms with E-state index in [4.69, 9.17) is 5.73 Å². The molecule has 2 N–H and O–H groups in total. The van der Waals surface area contributed by atoms with Gasteiger partial charge in [-0.25, -0.2) is 0 Å². The first-order valence-electron chi connectivity index (χ1n) is 5.67. The SMILES string of the molecule is CSc1ccc(CN(C)CC(C)CN)cc1. The van der Waals surface area contributed by atoms with Crippen LogP contribution in [0.15, 0.2) is 29.2 Å². The summed E-state index contributed by atoms with van der Waals surface area (Å²) >= 11 is 1.78. The van der Waals surface area contributed by atoms with Gasteiger partial charge in [0.2, 0.25) is 0 Å². The highest BCUT2D eigenvalue weighted by Gasteiger charge is 2.05. The quantitative estimate of drug-likeness (QED) is 0.772. The van der Waals surface area contributed by atoms with Gasteiger partial charge in [-0.1, -0.05) is 19.1 Å². The fourth-order valence-corrected chi connectivity index (χ4v) is 2.12.